The van der Waals surface area contributed by atoms with Gasteiger partial charge in [0.25, 0.3) is 11.8 Å². The molecule has 0 radical (unpaired) electrons. The van der Waals surface area contributed by atoms with Crippen molar-refractivity contribution in [3.8, 4) is 17.2 Å². The van der Waals surface area contributed by atoms with E-state index in [1.54, 1.807) is 49.3 Å². The molecule has 40 heavy (non-hydrogen) atoms. The minimum Gasteiger partial charge on any atom is -0.497 e. The predicted octanol–water partition coefficient (Wildman–Crippen LogP) is 6.53. The van der Waals surface area contributed by atoms with Crippen molar-refractivity contribution >= 4 is 57.8 Å². The lowest BCUT2D eigenvalue weighted by Crippen LogP contribution is -2.28. The number of thioether (sulfide) groups is 1. The van der Waals surface area contributed by atoms with Crippen LogP contribution in [-0.2, 0) is 9.59 Å². The second kappa shape index (κ2) is 13.4. The number of carbonyl (C=O) groups excluding carboxylic acids is 2. The van der Waals surface area contributed by atoms with Crippen molar-refractivity contribution in [3.63, 3.8) is 0 Å². The van der Waals surface area contributed by atoms with E-state index in [1.165, 1.54) is 36.0 Å². The zero-order valence-corrected chi connectivity index (χ0v) is 23.6. The Balaban J connectivity index is 1.53. The monoisotopic (exact) mass is 583 g/mol. The first-order valence-corrected chi connectivity index (χ1v) is 13.6. The molecule has 0 bridgehead atoms. The normalized spacial score (nSPS) is 15.0. The minimum atomic E-state index is -0.451. The number of amidine groups is 1. The third kappa shape index (κ3) is 7.13. The zero-order valence-electron chi connectivity index (χ0n) is 22.1. The number of nitrogens with one attached hydrogen (secondary N) is 1. The highest BCUT2D eigenvalue weighted by molar-refractivity contribution is 8.18. The number of nitrogens with zero attached hydrogens (tertiary/aromatic N) is 2. The average Bonchev–Trinajstić information content (AvgIpc) is 3.23. The summed E-state index contributed by atoms with van der Waals surface area (Å²) in [7, 11) is 1.59. The second-order valence-electron chi connectivity index (χ2n) is 8.36. The lowest BCUT2D eigenvalue weighted by molar-refractivity contribution is -0.122. The van der Waals surface area contributed by atoms with Crippen LogP contribution in [0.3, 0.4) is 0 Å². The Labute approximate surface area is 240 Å². The van der Waals surface area contributed by atoms with Gasteiger partial charge < -0.3 is 19.5 Å². The summed E-state index contributed by atoms with van der Waals surface area (Å²) in [6, 6.07) is 16.0. The fourth-order valence-electron chi connectivity index (χ4n) is 3.73. The van der Waals surface area contributed by atoms with E-state index < -0.39 is 11.7 Å². The van der Waals surface area contributed by atoms with E-state index in [9.17, 15) is 14.0 Å². The lowest BCUT2D eigenvalue weighted by Gasteiger charge is -2.14. The van der Waals surface area contributed by atoms with Crippen LogP contribution in [0.4, 0.5) is 15.8 Å². The molecule has 2 amide bonds. The highest BCUT2D eigenvalue weighted by Crippen LogP contribution is 2.39. The van der Waals surface area contributed by atoms with Crippen LogP contribution >= 0.6 is 23.4 Å². The maximum absolute atomic E-state index is 13.1. The molecule has 3 aromatic carbocycles. The number of aliphatic imine (C=N–C) groups is 1. The van der Waals surface area contributed by atoms with Crippen molar-refractivity contribution in [3.05, 3.63) is 82.0 Å². The third-order valence-electron chi connectivity index (χ3n) is 5.61. The van der Waals surface area contributed by atoms with Crippen LogP contribution in [-0.4, -0.2) is 48.8 Å². The van der Waals surface area contributed by atoms with Gasteiger partial charge in [0.2, 0.25) is 0 Å². The molecule has 208 valence electrons. The summed E-state index contributed by atoms with van der Waals surface area (Å²) in [5, 5.41) is 3.40. The molecule has 8 nitrogen and oxygen atoms in total. The first-order valence-electron chi connectivity index (χ1n) is 12.4. The maximum atomic E-state index is 13.1. The Hall–Kier alpha value is -4.02. The van der Waals surface area contributed by atoms with Crippen LogP contribution in [0.25, 0.3) is 6.08 Å². The number of benzene rings is 3. The van der Waals surface area contributed by atoms with Crippen molar-refractivity contribution in [1.29, 1.82) is 0 Å². The van der Waals surface area contributed by atoms with Crippen molar-refractivity contribution in [2.24, 2.45) is 4.99 Å². The molecule has 1 saturated heterocycles. The number of methoxy groups -OCH3 is 1. The minimum absolute atomic E-state index is 0.174. The molecule has 11 heteroatoms. The molecule has 3 aromatic rings. The number of hydrogen-bond acceptors (Lipinski definition) is 7. The molecular formula is C29H27ClFN3O5S. The third-order valence-corrected chi connectivity index (χ3v) is 6.89. The Morgan fingerprint density at radius 2 is 1.82 bits per heavy atom. The molecule has 0 spiro atoms. The predicted molar refractivity (Wildman–Crippen MR) is 156 cm³/mol. The number of rotatable bonds is 10. The number of anilines is 1. The van der Waals surface area contributed by atoms with Crippen LogP contribution in [0.1, 0.15) is 19.4 Å². The molecule has 1 aliphatic rings. The van der Waals surface area contributed by atoms with Crippen LogP contribution < -0.4 is 19.5 Å². The van der Waals surface area contributed by atoms with E-state index in [4.69, 9.17) is 25.8 Å². The molecule has 0 atom stereocenters. The van der Waals surface area contributed by atoms with Gasteiger partial charge in [0.15, 0.2) is 23.3 Å². The Bertz CT molecular complexity index is 1450. The van der Waals surface area contributed by atoms with E-state index in [0.29, 0.717) is 45.9 Å². The number of halogens is 2. The first-order chi connectivity index (χ1) is 19.3. The van der Waals surface area contributed by atoms with E-state index >= 15 is 0 Å². The van der Waals surface area contributed by atoms with Gasteiger partial charge in [0, 0.05) is 12.2 Å². The Kier molecular flexibility index (Phi) is 9.68. The molecular weight excluding hydrogens is 557 g/mol. The van der Waals surface area contributed by atoms with Crippen LogP contribution in [0.2, 0.25) is 5.02 Å². The second-order valence-corrected chi connectivity index (χ2v) is 9.78. The quantitative estimate of drug-likeness (QED) is 0.273. The van der Waals surface area contributed by atoms with E-state index in [0.717, 1.165) is 5.75 Å². The first kappa shape index (κ1) is 29.0. The summed E-state index contributed by atoms with van der Waals surface area (Å²) in [4.78, 5) is 32.2. The summed E-state index contributed by atoms with van der Waals surface area (Å²) in [6.45, 7) is 4.12. The summed E-state index contributed by atoms with van der Waals surface area (Å²) in [6.07, 6.45) is 1.71. The van der Waals surface area contributed by atoms with Gasteiger partial charge in [-0.05, 0) is 97.9 Å². The number of carbonyl (C=O) groups is 2. The zero-order chi connectivity index (χ0) is 28.6. The summed E-state index contributed by atoms with van der Waals surface area (Å²) in [5.41, 5.74) is 1.75. The van der Waals surface area contributed by atoms with Crippen LogP contribution in [0.15, 0.2) is 70.6 Å². The van der Waals surface area contributed by atoms with Gasteiger partial charge in [-0.2, -0.15) is 0 Å². The molecule has 1 N–H and O–H groups in total. The van der Waals surface area contributed by atoms with Gasteiger partial charge in [-0.15, -0.1) is 0 Å². The molecule has 0 unspecified atom stereocenters. The van der Waals surface area contributed by atoms with Crippen molar-refractivity contribution in [2.75, 3.05) is 32.2 Å². The van der Waals surface area contributed by atoms with Crippen molar-refractivity contribution < 1.29 is 28.2 Å². The molecule has 4 rings (SSSR count). The molecule has 1 fully saturated rings. The van der Waals surface area contributed by atoms with Crippen LogP contribution in [0, 0.1) is 5.82 Å². The van der Waals surface area contributed by atoms with Crippen molar-refractivity contribution in [1.82, 2.24) is 4.90 Å². The molecule has 1 aliphatic heterocycles. The molecule has 0 aromatic heterocycles. The van der Waals surface area contributed by atoms with Crippen molar-refractivity contribution in [2.45, 2.75) is 13.8 Å². The highest BCUT2D eigenvalue weighted by atomic mass is 35.5. The SMILES string of the molecule is CCOc1cc(/C=C2/SC(=Nc3ccc(OC)cc3)N(CC)C2=O)cc(Cl)c1OCC(=O)Nc1ccc(F)cc1. The number of amides is 2. The van der Waals surface area contributed by atoms with Gasteiger partial charge in [0.1, 0.15) is 11.6 Å². The smallest absolute Gasteiger partial charge is 0.266 e. The summed E-state index contributed by atoms with van der Waals surface area (Å²) >= 11 is 7.79. The number of ether oxygens (including phenoxy) is 3. The number of hydrogen-bond donors (Lipinski definition) is 1. The molecule has 1 heterocycles. The topological polar surface area (TPSA) is 89.5 Å². The van der Waals surface area contributed by atoms with Gasteiger partial charge in [0.05, 0.1) is 29.3 Å². The summed E-state index contributed by atoms with van der Waals surface area (Å²) in [5.74, 6) is 0.209. The standard InChI is InChI=1S/C29H27ClFN3O5S/c1-4-34-28(36)25(40-29(34)33-21-10-12-22(37-3)13-11-21)16-18-14-23(30)27(24(15-18)38-5-2)39-17-26(35)32-20-8-6-19(31)7-9-20/h6-16H,4-5,17H2,1-3H3,(H,32,35)/b25-16+,33-29?. The fraction of sp³-hybridized carbons (Fsp3) is 0.207. The van der Waals surface area contributed by atoms with Gasteiger partial charge >= 0.3 is 0 Å². The van der Waals surface area contributed by atoms with E-state index in [1.807, 2.05) is 19.1 Å². The van der Waals surface area contributed by atoms with Gasteiger partial charge in [-0.1, -0.05) is 11.6 Å². The Morgan fingerprint density at radius 1 is 1.10 bits per heavy atom. The highest BCUT2D eigenvalue weighted by Gasteiger charge is 2.32. The van der Waals surface area contributed by atoms with E-state index in [2.05, 4.69) is 10.3 Å². The maximum Gasteiger partial charge on any atom is 0.266 e. The fourth-order valence-corrected chi connectivity index (χ4v) is 5.07. The molecule has 0 aliphatic carbocycles. The largest absolute Gasteiger partial charge is 0.497 e. The number of likely N-dealkylation sites (N-methyl/N-ethyl adjacent to an activating group) is 1. The Morgan fingerprint density at radius 3 is 2.48 bits per heavy atom. The molecule has 0 saturated carbocycles. The average molecular weight is 584 g/mol. The van der Waals surface area contributed by atoms with E-state index in [-0.39, 0.29) is 23.3 Å². The van der Waals surface area contributed by atoms with Gasteiger partial charge in [-0.25, -0.2) is 9.38 Å². The summed E-state index contributed by atoms with van der Waals surface area (Å²) < 4.78 is 29.7. The van der Waals surface area contributed by atoms with Crippen LogP contribution in [0.5, 0.6) is 17.2 Å². The van der Waals surface area contributed by atoms with Gasteiger partial charge in [-0.3, -0.25) is 14.5 Å². The lowest BCUT2D eigenvalue weighted by atomic mass is 10.1.